The maximum Gasteiger partial charge on any atom is 0.103 e. The highest BCUT2D eigenvalue weighted by Gasteiger charge is 2.13. The molecule has 1 unspecified atom stereocenters. The molecule has 0 bridgehead atoms. The summed E-state index contributed by atoms with van der Waals surface area (Å²) in [5, 5.41) is 2.31. The van der Waals surface area contributed by atoms with Gasteiger partial charge in [0.05, 0.1) is 6.26 Å². The molecular weight excluding hydrogens is 250 g/mol. The van der Waals surface area contributed by atoms with Gasteiger partial charge < -0.3 is 4.42 Å². The SMILES string of the molecule is NNC(CCc1ccco1)c1cccc2cnccc12. The van der Waals surface area contributed by atoms with E-state index < -0.39 is 0 Å². The van der Waals surface area contributed by atoms with Crippen LogP contribution in [0.15, 0.2) is 59.5 Å². The first-order valence-electron chi connectivity index (χ1n) is 6.69. The van der Waals surface area contributed by atoms with Gasteiger partial charge in [0.15, 0.2) is 0 Å². The number of aryl methyl sites for hydroxylation is 1. The molecule has 0 spiro atoms. The fourth-order valence-corrected chi connectivity index (χ4v) is 2.52. The van der Waals surface area contributed by atoms with Crippen molar-refractivity contribution in [2.45, 2.75) is 18.9 Å². The van der Waals surface area contributed by atoms with Gasteiger partial charge in [-0.05, 0) is 35.6 Å². The lowest BCUT2D eigenvalue weighted by molar-refractivity contribution is 0.460. The molecule has 0 aliphatic carbocycles. The van der Waals surface area contributed by atoms with E-state index in [1.807, 2.05) is 36.7 Å². The molecular formula is C16H17N3O. The first-order chi connectivity index (χ1) is 9.88. The highest BCUT2D eigenvalue weighted by molar-refractivity contribution is 5.85. The number of nitrogens with two attached hydrogens (primary N) is 1. The van der Waals surface area contributed by atoms with Gasteiger partial charge in [-0.15, -0.1) is 0 Å². The summed E-state index contributed by atoms with van der Waals surface area (Å²) in [6.07, 6.45) is 7.11. The lowest BCUT2D eigenvalue weighted by Crippen LogP contribution is -2.28. The van der Waals surface area contributed by atoms with Gasteiger partial charge in [0.2, 0.25) is 0 Å². The predicted octanol–water partition coefficient (Wildman–Crippen LogP) is 2.97. The summed E-state index contributed by atoms with van der Waals surface area (Å²) in [7, 11) is 0. The summed E-state index contributed by atoms with van der Waals surface area (Å²) in [5.74, 6) is 6.72. The zero-order chi connectivity index (χ0) is 13.8. The minimum atomic E-state index is 0.0891. The Morgan fingerprint density at radius 1 is 1.20 bits per heavy atom. The number of aromatic nitrogens is 1. The number of hydrogen-bond acceptors (Lipinski definition) is 4. The maximum atomic E-state index is 5.74. The van der Waals surface area contributed by atoms with Gasteiger partial charge in [-0.2, -0.15) is 0 Å². The van der Waals surface area contributed by atoms with Crippen molar-refractivity contribution in [2.75, 3.05) is 0 Å². The predicted molar refractivity (Wildman–Crippen MR) is 78.8 cm³/mol. The number of benzene rings is 1. The second kappa shape index (κ2) is 5.86. The molecule has 3 N–H and O–H groups in total. The number of fused-ring (bicyclic) bond motifs is 1. The average molecular weight is 267 g/mol. The van der Waals surface area contributed by atoms with E-state index in [0.717, 1.165) is 24.0 Å². The van der Waals surface area contributed by atoms with Crippen LogP contribution in [0.1, 0.15) is 23.8 Å². The van der Waals surface area contributed by atoms with Gasteiger partial charge in [0, 0.05) is 30.2 Å². The molecule has 0 aliphatic heterocycles. The van der Waals surface area contributed by atoms with Crippen LogP contribution in [-0.2, 0) is 6.42 Å². The average Bonchev–Trinajstić information content (AvgIpc) is 3.01. The molecule has 3 aromatic rings. The van der Waals surface area contributed by atoms with Crippen molar-refractivity contribution in [3.05, 3.63) is 66.4 Å². The molecule has 0 fully saturated rings. The molecule has 20 heavy (non-hydrogen) atoms. The lowest BCUT2D eigenvalue weighted by Gasteiger charge is -2.17. The van der Waals surface area contributed by atoms with Crippen LogP contribution in [0.4, 0.5) is 0 Å². The zero-order valence-electron chi connectivity index (χ0n) is 11.1. The molecule has 2 heterocycles. The van der Waals surface area contributed by atoms with Crippen LogP contribution in [0, 0.1) is 0 Å². The van der Waals surface area contributed by atoms with E-state index in [1.54, 1.807) is 6.26 Å². The quantitative estimate of drug-likeness (QED) is 0.551. The van der Waals surface area contributed by atoms with Gasteiger partial charge in [0.1, 0.15) is 5.76 Å². The molecule has 4 nitrogen and oxygen atoms in total. The van der Waals surface area contributed by atoms with Gasteiger partial charge >= 0.3 is 0 Å². The van der Waals surface area contributed by atoms with Crippen LogP contribution in [0.5, 0.6) is 0 Å². The molecule has 4 heteroatoms. The Labute approximate surface area is 117 Å². The smallest absolute Gasteiger partial charge is 0.103 e. The number of furan rings is 1. The second-order valence-corrected chi connectivity index (χ2v) is 4.78. The molecule has 1 aromatic carbocycles. The van der Waals surface area contributed by atoms with Gasteiger partial charge in [-0.1, -0.05) is 18.2 Å². The maximum absolute atomic E-state index is 5.74. The van der Waals surface area contributed by atoms with Crippen LogP contribution in [0.2, 0.25) is 0 Å². The van der Waals surface area contributed by atoms with E-state index in [9.17, 15) is 0 Å². The normalized spacial score (nSPS) is 12.7. The molecule has 3 rings (SSSR count). The first kappa shape index (κ1) is 12.8. The number of pyridine rings is 1. The van der Waals surface area contributed by atoms with E-state index >= 15 is 0 Å². The third-order valence-corrected chi connectivity index (χ3v) is 3.55. The summed E-state index contributed by atoms with van der Waals surface area (Å²) >= 11 is 0. The van der Waals surface area contributed by atoms with Crippen molar-refractivity contribution >= 4 is 10.8 Å². The minimum absolute atomic E-state index is 0.0891. The van der Waals surface area contributed by atoms with Crippen molar-refractivity contribution in [1.82, 2.24) is 10.4 Å². The number of nitrogens with zero attached hydrogens (tertiary/aromatic N) is 1. The Hall–Kier alpha value is -2.17. The molecule has 0 radical (unpaired) electrons. The number of rotatable bonds is 5. The Morgan fingerprint density at radius 2 is 2.15 bits per heavy atom. The summed E-state index contributed by atoms with van der Waals surface area (Å²) in [4.78, 5) is 4.16. The van der Waals surface area contributed by atoms with E-state index in [2.05, 4.69) is 22.5 Å². The topological polar surface area (TPSA) is 64.1 Å². The zero-order valence-corrected chi connectivity index (χ0v) is 11.1. The van der Waals surface area contributed by atoms with Crippen molar-refractivity contribution in [2.24, 2.45) is 5.84 Å². The van der Waals surface area contributed by atoms with Crippen LogP contribution in [0.25, 0.3) is 10.8 Å². The first-order valence-corrected chi connectivity index (χ1v) is 6.69. The van der Waals surface area contributed by atoms with Crippen molar-refractivity contribution in [1.29, 1.82) is 0 Å². The van der Waals surface area contributed by atoms with Gasteiger partial charge in [-0.3, -0.25) is 16.3 Å². The van der Waals surface area contributed by atoms with Crippen LogP contribution in [-0.4, -0.2) is 4.98 Å². The second-order valence-electron chi connectivity index (χ2n) is 4.78. The van der Waals surface area contributed by atoms with Crippen LogP contribution < -0.4 is 11.3 Å². The highest BCUT2D eigenvalue weighted by Crippen LogP contribution is 2.26. The van der Waals surface area contributed by atoms with E-state index in [0.29, 0.717) is 0 Å². The van der Waals surface area contributed by atoms with Gasteiger partial charge in [0.25, 0.3) is 0 Å². The van der Waals surface area contributed by atoms with Crippen molar-refractivity contribution < 1.29 is 4.42 Å². The Morgan fingerprint density at radius 3 is 2.95 bits per heavy atom. The van der Waals surface area contributed by atoms with E-state index in [1.165, 1.54) is 10.9 Å². The summed E-state index contributed by atoms with van der Waals surface area (Å²) in [6.45, 7) is 0. The summed E-state index contributed by atoms with van der Waals surface area (Å²) in [5.41, 5.74) is 4.10. The number of hydrazine groups is 1. The molecule has 1 atom stereocenters. The van der Waals surface area contributed by atoms with Crippen molar-refractivity contribution in [3.8, 4) is 0 Å². The Kier molecular flexibility index (Phi) is 3.76. The highest BCUT2D eigenvalue weighted by atomic mass is 16.3. The Balaban J connectivity index is 1.87. The third kappa shape index (κ3) is 2.57. The monoisotopic (exact) mass is 267 g/mol. The van der Waals surface area contributed by atoms with E-state index in [-0.39, 0.29) is 6.04 Å². The molecule has 102 valence electrons. The van der Waals surface area contributed by atoms with E-state index in [4.69, 9.17) is 10.3 Å². The van der Waals surface area contributed by atoms with Crippen LogP contribution in [0.3, 0.4) is 0 Å². The number of nitrogens with one attached hydrogen (secondary N) is 1. The fourth-order valence-electron chi connectivity index (χ4n) is 2.52. The molecule has 2 aromatic heterocycles. The summed E-state index contributed by atoms with van der Waals surface area (Å²) < 4.78 is 5.37. The van der Waals surface area contributed by atoms with Crippen LogP contribution >= 0.6 is 0 Å². The standard InChI is InChI=1S/C16H17N3O/c17-19-16(7-6-13-4-2-10-20-13)15-5-1-3-12-11-18-9-8-14(12)15/h1-5,8-11,16,19H,6-7,17H2. The molecule has 0 saturated carbocycles. The molecule has 0 amide bonds. The lowest BCUT2D eigenvalue weighted by atomic mass is 9.97. The third-order valence-electron chi connectivity index (χ3n) is 3.55. The molecule has 0 aliphatic rings. The number of hydrogen-bond donors (Lipinski definition) is 2. The molecule has 0 saturated heterocycles. The van der Waals surface area contributed by atoms with Crippen molar-refractivity contribution in [3.63, 3.8) is 0 Å². The fraction of sp³-hybridized carbons (Fsp3) is 0.188. The van der Waals surface area contributed by atoms with Gasteiger partial charge in [-0.25, -0.2) is 0 Å². The largest absolute Gasteiger partial charge is 0.469 e. The summed E-state index contributed by atoms with van der Waals surface area (Å²) in [6, 6.07) is 12.2. The minimum Gasteiger partial charge on any atom is -0.469 e. The Bertz CT molecular complexity index is 674.